The quantitative estimate of drug-likeness (QED) is 0.644. The van der Waals surface area contributed by atoms with E-state index in [2.05, 4.69) is 41.1 Å². The number of nitrogens with zero attached hydrogens (tertiary/aromatic N) is 3. The number of nitriles is 1. The Morgan fingerprint density at radius 1 is 1.22 bits per heavy atom. The topological polar surface area (TPSA) is 39.9 Å². The first-order valence-electron chi connectivity index (χ1n) is 7.55. The van der Waals surface area contributed by atoms with Crippen molar-refractivity contribution in [1.82, 2.24) is 4.98 Å². The fraction of sp³-hybridized carbons (Fsp3) is 0.158. The molecule has 0 fully saturated rings. The lowest BCUT2D eigenvalue weighted by molar-refractivity contribution is 0.760. The second-order valence-corrected chi connectivity index (χ2v) is 6.23. The van der Waals surface area contributed by atoms with Crippen molar-refractivity contribution in [2.45, 2.75) is 19.4 Å². The Kier molecular flexibility index (Phi) is 3.21. The van der Waals surface area contributed by atoms with Crippen LogP contribution < -0.4 is 4.90 Å². The van der Waals surface area contributed by atoms with E-state index < -0.39 is 0 Å². The zero-order valence-corrected chi connectivity index (χ0v) is 13.4. The molecule has 1 aliphatic rings. The summed E-state index contributed by atoms with van der Waals surface area (Å²) >= 11 is 6.30. The monoisotopic (exact) mass is 319 g/mol. The maximum absolute atomic E-state index is 9.59. The SMILES string of the molecule is CC1Cc2ccccc2N1c1c(C#N)cnc2c(Cl)cccc12. The normalized spacial score (nSPS) is 16.4. The molecule has 2 heterocycles. The maximum atomic E-state index is 9.59. The number of hydrogen-bond acceptors (Lipinski definition) is 3. The van der Waals surface area contributed by atoms with Crippen molar-refractivity contribution < 1.29 is 0 Å². The van der Waals surface area contributed by atoms with Crippen LogP contribution in [0.3, 0.4) is 0 Å². The molecule has 0 saturated heterocycles. The number of halogens is 1. The molecule has 0 spiro atoms. The second kappa shape index (κ2) is 5.26. The molecule has 3 aromatic rings. The van der Waals surface area contributed by atoms with E-state index in [4.69, 9.17) is 11.6 Å². The number of benzene rings is 2. The Morgan fingerprint density at radius 3 is 2.87 bits per heavy atom. The fourth-order valence-electron chi connectivity index (χ4n) is 3.42. The molecule has 112 valence electrons. The molecule has 0 aliphatic carbocycles. The number of fused-ring (bicyclic) bond motifs is 2. The molecule has 1 aliphatic heterocycles. The highest BCUT2D eigenvalue weighted by atomic mass is 35.5. The molecular weight excluding hydrogens is 306 g/mol. The highest BCUT2D eigenvalue weighted by Gasteiger charge is 2.30. The minimum Gasteiger partial charge on any atom is -0.336 e. The van der Waals surface area contributed by atoms with Crippen LogP contribution >= 0.6 is 11.6 Å². The predicted molar refractivity (Wildman–Crippen MR) is 93.2 cm³/mol. The van der Waals surface area contributed by atoms with Crippen LogP contribution in [0.1, 0.15) is 18.1 Å². The summed E-state index contributed by atoms with van der Waals surface area (Å²) in [5, 5.41) is 11.1. The van der Waals surface area contributed by atoms with Crippen molar-refractivity contribution in [3.63, 3.8) is 0 Å². The van der Waals surface area contributed by atoms with Gasteiger partial charge in [0.1, 0.15) is 6.07 Å². The number of anilines is 2. The number of aromatic nitrogens is 1. The highest BCUT2D eigenvalue weighted by Crippen LogP contribution is 2.43. The molecule has 4 rings (SSSR count). The van der Waals surface area contributed by atoms with Crippen LogP contribution in [-0.4, -0.2) is 11.0 Å². The van der Waals surface area contributed by atoms with Crippen molar-refractivity contribution in [2.24, 2.45) is 0 Å². The van der Waals surface area contributed by atoms with Crippen molar-refractivity contribution >= 4 is 33.9 Å². The third-order valence-electron chi connectivity index (χ3n) is 4.39. The number of rotatable bonds is 1. The predicted octanol–water partition coefficient (Wildman–Crippen LogP) is 4.84. The van der Waals surface area contributed by atoms with Crippen molar-refractivity contribution in [3.8, 4) is 6.07 Å². The van der Waals surface area contributed by atoms with Crippen LogP contribution in [0.4, 0.5) is 11.4 Å². The van der Waals surface area contributed by atoms with Crippen LogP contribution in [0.15, 0.2) is 48.7 Å². The molecule has 1 unspecified atom stereocenters. The molecular formula is C19H14ClN3. The van der Waals surface area contributed by atoms with Crippen LogP contribution in [-0.2, 0) is 6.42 Å². The van der Waals surface area contributed by atoms with Crippen LogP contribution in [0.25, 0.3) is 10.9 Å². The summed E-state index contributed by atoms with van der Waals surface area (Å²) in [6, 6.07) is 16.6. The lowest BCUT2D eigenvalue weighted by Crippen LogP contribution is -2.25. The second-order valence-electron chi connectivity index (χ2n) is 5.82. The van der Waals surface area contributed by atoms with Gasteiger partial charge in [-0.3, -0.25) is 4.98 Å². The average Bonchev–Trinajstić information content (AvgIpc) is 2.90. The Morgan fingerprint density at radius 2 is 2.04 bits per heavy atom. The summed E-state index contributed by atoms with van der Waals surface area (Å²) in [6.45, 7) is 2.18. The smallest absolute Gasteiger partial charge is 0.103 e. The van der Waals surface area contributed by atoms with Crippen LogP contribution in [0.2, 0.25) is 5.02 Å². The number of hydrogen-bond donors (Lipinski definition) is 0. The van der Waals surface area contributed by atoms with E-state index in [0.717, 1.165) is 28.7 Å². The van der Waals surface area contributed by atoms with E-state index in [-0.39, 0.29) is 6.04 Å². The van der Waals surface area contributed by atoms with Gasteiger partial charge in [0.25, 0.3) is 0 Å². The Balaban J connectivity index is 2.06. The summed E-state index contributed by atoms with van der Waals surface area (Å²) in [5.74, 6) is 0. The van der Waals surface area contributed by atoms with Crippen molar-refractivity contribution in [3.05, 3.63) is 64.8 Å². The van der Waals surface area contributed by atoms with Gasteiger partial charge in [-0.25, -0.2) is 0 Å². The number of para-hydroxylation sites is 2. The Hall–Kier alpha value is -2.57. The van der Waals surface area contributed by atoms with E-state index in [1.54, 1.807) is 6.20 Å². The minimum atomic E-state index is 0.282. The standard InChI is InChI=1S/C19H14ClN3/c1-12-9-13-5-2-3-8-17(13)23(12)19-14(10-21)11-22-18-15(19)6-4-7-16(18)20/h2-8,11-12H,9H2,1H3. The summed E-state index contributed by atoms with van der Waals surface area (Å²) in [5.41, 5.74) is 4.67. The molecule has 1 aromatic heterocycles. The lowest BCUT2D eigenvalue weighted by atomic mass is 10.1. The Labute approximate surface area is 139 Å². The molecule has 0 bridgehead atoms. The minimum absolute atomic E-state index is 0.282. The molecule has 4 heteroatoms. The van der Waals surface area contributed by atoms with Gasteiger partial charge in [-0.05, 0) is 31.0 Å². The third kappa shape index (κ3) is 2.07. The van der Waals surface area contributed by atoms with Gasteiger partial charge in [0.15, 0.2) is 0 Å². The van der Waals surface area contributed by atoms with Gasteiger partial charge in [0.2, 0.25) is 0 Å². The van der Waals surface area contributed by atoms with E-state index in [0.29, 0.717) is 10.6 Å². The van der Waals surface area contributed by atoms with E-state index in [9.17, 15) is 5.26 Å². The first kappa shape index (κ1) is 14.0. The zero-order chi connectivity index (χ0) is 16.0. The number of pyridine rings is 1. The Bertz CT molecular complexity index is 958. The molecule has 0 N–H and O–H groups in total. The zero-order valence-electron chi connectivity index (χ0n) is 12.6. The van der Waals surface area contributed by atoms with Gasteiger partial charge in [0, 0.05) is 23.3 Å². The van der Waals surface area contributed by atoms with Gasteiger partial charge in [0.05, 0.1) is 21.8 Å². The van der Waals surface area contributed by atoms with Gasteiger partial charge < -0.3 is 4.90 Å². The molecule has 0 amide bonds. The van der Waals surface area contributed by atoms with Gasteiger partial charge in [-0.15, -0.1) is 0 Å². The molecule has 2 aromatic carbocycles. The third-order valence-corrected chi connectivity index (χ3v) is 4.69. The van der Waals surface area contributed by atoms with Crippen LogP contribution in [0, 0.1) is 11.3 Å². The maximum Gasteiger partial charge on any atom is 0.103 e. The van der Waals surface area contributed by atoms with Crippen LogP contribution in [0.5, 0.6) is 0 Å². The summed E-state index contributed by atoms with van der Waals surface area (Å²) in [7, 11) is 0. The largest absolute Gasteiger partial charge is 0.336 e. The van der Waals surface area contributed by atoms with E-state index >= 15 is 0 Å². The van der Waals surface area contributed by atoms with Gasteiger partial charge >= 0.3 is 0 Å². The molecule has 1 atom stereocenters. The fourth-order valence-corrected chi connectivity index (χ4v) is 3.64. The highest BCUT2D eigenvalue weighted by molar-refractivity contribution is 6.35. The molecule has 0 saturated carbocycles. The van der Waals surface area contributed by atoms with Gasteiger partial charge in [-0.2, -0.15) is 5.26 Å². The van der Waals surface area contributed by atoms with E-state index in [1.807, 2.05) is 24.3 Å². The van der Waals surface area contributed by atoms with Gasteiger partial charge in [-0.1, -0.05) is 41.9 Å². The first-order valence-corrected chi connectivity index (χ1v) is 7.93. The molecule has 23 heavy (non-hydrogen) atoms. The first-order chi connectivity index (χ1) is 11.2. The van der Waals surface area contributed by atoms with Crippen molar-refractivity contribution in [2.75, 3.05) is 4.90 Å². The average molecular weight is 320 g/mol. The summed E-state index contributed by atoms with van der Waals surface area (Å²) in [6.07, 6.45) is 2.59. The molecule has 3 nitrogen and oxygen atoms in total. The molecule has 0 radical (unpaired) electrons. The lowest BCUT2D eigenvalue weighted by Gasteiger charge is -2.27. The van der Waals surface area contributed by atoms with Crippen molar-refractivity contribution in [1.29, 1.82) is 5.26 Å². The van der Waals surface area contributed by atoms with E-state index in [1.165, 1.54) is 5.56 Å². The summed E-state index contributed by atoms with van der Waals surface area (Å²) < 4.78 is 0. The summed E-state index contributed by atoms with van der Waals surface area (Å²) in [4.78, 5) is 6.63.